The van der Waals surface area contributed by atoms with E-state index in [1.54, 1.807) is 6.20 Å². The molecule has 6 nitrogen and oxygen atoms in total. The zero-order valence-electron chi connectivity index (χ0n) is 10.1. The molecule has 2 aliphatic heterocycles. The van der Waals surface area contributed by atoms with Crippen LogP contribution in [0.15, 0.2) is 12.3 Å². The quantitative estimate of drug-likeness (QED) is 0.797. The third kappa shape index (κ3) is 1.73. The highest BCUT2D eigenvalue weighted by atomic mass is 16.6. The van der Waals surface area contributed by atoms with Crippen molar-refractivity contribution in [1.82, 2.24) is 4.98 Å². The molecule has 0 saturated carbocycles. The molecule has 2 atom stereocenters. The Morgan fingerprint density at radius 3 is 3.28 bits per heavy atom. The molecule has 1 unspecified atom stereocenters. The number of nitrogens with two attached hydrogens (primary N) is 1. The van der Waals surface area contributed by atoms with Gasteiger partial charge in [0, 0.05) is 12.6 Å². The number of ether oxygens (including phenoxy) is 2. The molecule has 3 rings (SSSR count). The number of amides is 1. The number of hydrogen-bond acceptors (Lipinski definition) is 5. The van der Waals surface area contributed by atoms with Gasteiger partial charge in [-0.3, -0.25) is 0 Å². The number of aryl methyl sites for hydroxylation is 1. The number of hydrogen-bond donors (Lipinski definition) is 1. The minimum absolute atomic E-state index is 0.177. The minimum Gasteiger partial charge on any atom is -0.487 e. The standard InChI is InChI=1S/C12H15N3O3/c1-7-2-3-14-11-10(7)17-6-8-4-9(5-15(8)11)18-12(13)16/h2-3,8-9H,4-6H2,1H3,(H2,13,16)/t8-,9?/m0/s1. The Hall–Kier alpha value is -1.98. The third-order valence-electron chi connectivity index (χ3n) is 3.43. The summed E-state index contributed by atoms with van der Waals surface area (Å²) in [4.78, 5) is 17.3. The van der Waals surface area contributed by atoms with Gasteiger partial charge in [-0.15, -0.1) is 0 Å². The zero-order valence-corrected chi connectivity index (χ0v) is 10.1. The molecule has 2 aliphatic rings. The molecule has 1 fully saturated rings. The van der Waals surface area contributed by atoms with Gasteiger partial charge in [-0.25, -0.2) is 9.78 Å². The van der Waals surface area contributed by atoms with Crippen LogP contribution in [-0.2, 0) is 4.74 Å². The molecule has 0 bridgehead atoms. The minimum atomic E-state index is -0.724. The molecule has 1 saturated heterocycles. The van der Waals surface area contributed by atoms with Crippen LogP contribution in [-0.4, -0.2) is 36.4 Å². The monoisotopic (exact) mass is 249 g/mol. The van der Waals surface area contributed by atoms with Gasteiger partial charge in [0.2, 0.25) is 0 Å². The Balaban J connectivity index is 1.86. The largest absolute Gasteiger partial charge is 0.487 e. The lowest BCUT2D eigenvalue weighted by Crippen LogP contribution is -2.39. The fraction of sp³-hybridized carbons (Fsp3) is 0.500. The summed E-state index contributed by atoms with van der Waals surface area (Å²) < 4.78 is 10.8. The first-order valence-electron chi connectivity index (χ1n) is 5.96. The SMILES string of the molecule is Cc1ccnc2c1OC[C@@H]1CC(OC(N)=O)CN21. The molecule has 1 aromatic rings. The van der Waals surface area contributed by atoms with Crippen molar-refractivity contribution in [2.45, 2.75) is 25.5 Å². The summed E-state index contributed by atoms with van der Waals surface area (Å²) in [6.45, 7) is 3.22. The maximum Gasteiger partial charge on any atom is 0.404 e. The summed E-state index contributed by atoms with van der Waals surface area (Å²) in [5.41, 5.74) is 6.12. The van der Waals surface area contributed by atoms with Crippen LogP contribution < -0.4 is 15.4 Å². The van der Waals surface area contributed by atoms with Crippen LogP contribution >= 0.6 is 0 Å². The number of pyridine rings is 1. The summed E-state index contributed by atoms with van der Waals surface area (Å²) in [5.74, 6) is 1.66. The number of aromatic nitrogens is 1. The fourth-order valence-corrected chi connectivity index (χ4v) is 2.63. The molecule has 2 N–H and O–H groups in total. The van der Waals surface area contributed by atoms with Gasteiger partial charge in [0.25, 0.3) is 0 Å². The maximum atomic E-state index is 10.8. The Bertz CT molecular complexity index is 491. The second-order valence-corrected chi connectivity index (χ2v) is 4.69. The average molecular weight is 249 g/mol. The predicted molar refractivity (Wildman–Crippen MR) is 64.7 cm³/mol. The van der Waals surface area contributed by atoms with Crippen LogP contribution in [0.25, 0.3) is 0 Å². The van der Waals surface area contributed by atoms with Crippen LogP contribution in [0, 0.1) is 6.92 Å². The summed E-state index contributed by atoms with van der Waals surface area (Å²) in [6, 6.07) is 2.13. The number of nitrogens with zero attached hydrogens (tertiary/aromatic N) is 2. The van der Waals surface area contributed by atoms with Gasteiger partial charge in [-0.2, -0.15) is 0 Å². The van der Waals surface area contributed by atoms with Gasteiger partial charge in [-0.1, -0.05) is 0 Å². The van der Waals surface area contributed by atoms with Gasteiger partial charge in [0.1, 0.15) is 12.7 Å². The van der Waals surface area contributed by atoms with Crippen LogP contribution in [0.3, 0.4) is 0 Å². The van der Waals surface area contributed by atoms with Gasteiger partial charge in [0.15, 0.2) is 11.6 Å². The summed E-state index contributed by atoms with van der Waals surface area (Å²) in [7, 11) is 0. The van der Waals surface area contributed by atoms with E-state index in [2.05, 4.69) is 9.88 Å². The van der Waals surface area contributed by atoms with Crippen LogP contribution in [0.2, 0.25) is 0 Å². The molecule has 1 amide bonds. The molecular weight excluding hydrogens is 234 g/mol. The number of carbonyl (C=O) groups excluding carboxylic acids is 1. The number of primary amides is 1. The molecule has 1 aromatic heterocycles. The van der Waals surface area contributed by atoms with Crippen molar-refractivity contribution in [3.63, 3.8) is 0 Å². The van der Waals surface area contributed by atoms with E-state index in [1.807, 2.05) is 13.0 Å². The molecule has 0 radical (unpaired) electrons. The van der Waals surface area contributed by atoms with Crippen molar-refractivity contribution in [2.24, 2.45) is 5.73 Å². The highest BCUT2D eigenvalue weighted by Gasteiger charge is 2.39. The van der Waals surface area contributed by atoms with Crippen LogP contribution in [0.5, 0.6) is 5.75 Å². The lowest BCUT2D eigenvalue weighted by molar-refractivity contribution is 0.114. The Morgan fingerprint density at radius 2 is 2.50 bits per heavy atom. The van der Waals surface area contributed by atoms with Gasteiger partial charge in [-0.05, 0) is 18.6 Å². The molecule has 96 valence electrons. The van der Waals surface area contributed by atoms with Crippen molar-refractivity contribution >= 4 is 11.9 Å². The highest BCUT2D eigenvalue weighted by molar-refractivity contribution is 5.65. The molecule has 0 spiro atoms. The second-order valence-electron chi connectivity index (χ2n) is 4.69. The molecule has 18 heavy (non-hydrogen) atoms. The highest BCUT2D eigenvalue weighted by Crippen LogP contribution is 2.38. The van der Waals surface area contributed by atoms with E-state index in [0.29, 0.717) is 13.2 Å². The summed E-state index contributed by atoms with van der Waals surface area (Å²) in [5, 5.41) is 0. The van der Waals surface area contributed by atoms with Crippen molar-refractivity contribution in [3.8, 4) is 5.75 Å². The van der Waals surface area contributed by atoms with E-state index in [1.165, 1.54) is 0 Å². The van der Waals surface area contributed by atoms with Gasteiger partial charge in [0.05, 0.1) is 12.6 Å². The van der Waals surface area contributed by atoms with Crippen molar-refractivity contribution in [2.75, 3.05) is 18.1 Å². The van der Waals surface area contributed by atoms with E-state index < -0.39 is 6.09 Å². The van der Waals surface area contributed by atoms with E-state index >= 15 is 0 Å². The lowest BCUT2D eigenvalue weighted by Gasteiger charge is -2.32. The lowest BCUT2D eigenvalue weighted by atomic mass is 10.1. The number of carbonyl (C=O) groups is 1. The average Bonchev–Trinajstić information content (AvgIpc) is 2.71. The third-order valence-corrected chi connectivity index (χ3v) is 3.43. The van der Waals surface area contributed by atoms with Crippen LogP contribution in [0.1, 0.15) is 12.0 Å². The molecule has 6 heteroatoms. The zero-order chi connectivity index (χ0) is 12.7. The van der Waals surface area contributed by atoms with Crippen LogP contribution in [0.4, 0.5) is 10.6 Å². The molecule has 3 heterocycles. The summed E-state index contributed by atoms with van der Waals surface area (Å²) >= 11 is 0. The second kappa shape index (κ2) is 4.04. The topological polar surface area (TPSA) is 77.7 Å². The Morgan fingerprint density at radius 1 is 1.67 bits per heavy atom. The van der Waals surface area contributed by atoms with Gasteiger partial charge >= 0.3 is 6.09 Å². The number of rotatable bonds is 1. The van der Waals surface area contributed by atoms with E-state index in [4.69, 9.17) is 15.2 Å². The maximum absolute atomic E-state index is 10.8. The van der Waals surface area contributed by atoms with E-state index in [0.717, 1.165) is 23.6 Å². The van der Waals surface area contributed by atoms with E-state index in [9.17, 15) is 4.79 Å². The summed E-state index contributed by atoms with van der Waals surface area (Å²) in [6.07, 6.45) is 1.60. The number of fused-ring (bicyclic) bond motifs is 3. The first-order chi connectivity index (χ1) is 8.65. The smallest absolute Gasteiger partial charge is 0.404 e. The van der Waals surface area contributed by atoms with Gasteiger partial charge < -0.3 is 20.1 Å². The molecule has 0 aliphatic carbocycles. The normalized spacial score (nSPS) is 25.1. The Kier molecular flexibility index (Phi) is 2.50. The van der Waals surface area contributed by atoms with E-state index in [-0.39, 0.29) is 12.1 Å². The fourth-order valence-electron chi connectivity index (χ4n) is 2.63. The van der Waals surface area contributed by atoms with Crippen molar-refractivity contribution < 1.29 is 14.3 Å². The first-order valence-corrected chi connectivity index (χ1v) is 5.96. The predicted octanol–water partition coefficient (Wildman–Crippen LogP) is 0.825. The van der Waals surface area contributed by atoms with Crippen molar-refractivity contribution in [1.29, 1.82) is 0 Å². The van der Waals surface area contributed by atoms with Crippen molar-refractivity contribution in [3.05, 3.63) is 17.8 Å². The number of anilines is 1. The molecule has 0 aromatic carbocycles. The first kappa shape index (κ1) is 11.1. The molecular formula is C12H15N3O3. The Labute approximate surface area is 105 Å².